The Morgan fingerprint density at radius 2 is 1.73 bits per heavy atom. The lowest BCUT2D eigenvalue weighted by atomic mass is 10.0. The first-order chi connectivity index (χ1) is 12.5. The Hall–Kier alpha value is -3.80. The molecule has 26 heavy (non-hydrogen) atoms. The Balaban J connectivity index is 1.77. The van der Waals surface area contributed by atoms with Crippen LogP contribution in [0, 0.1) is 0 Å². The fourth-order valence-corrected chi connectivity index (χ4v) is 2.74. The quantitative estimate of drug-likeness (QED) is 0.380. The van der Waals surface area contributed by atoms with Crippen molar-refractivity contribution in [3.8, 4) is 28.3 Å². The minimum atomic E-state index is -1.01. The lowest BCUT2D eigenvalue weighted by molar-refractivity contribution is 0.0697. The van der Waals surface area contributed by atoms with E-state index in [9.17, 15) is 9.90 Å². The summed E-state index contributed by atoms with van der Waals surface area (Å²) >= 11 is 0. The van der Waals surface area contributed by atoms with Crippen molar-refractivity contribution in [1.82, 2.24) is 4.98 Å². The van der Waals surface area contributed by atoms with Gasteiger partial charge in [-0.05, 0) is 53.6 Å². The van der Waals surface area contributed by atoms with E-state index in [4.69, 9.17) is 15.3 Å². The third-order valence-corrected chi connectivity index (χ3v) is 4.11. The Morgan fingerprint density at radius 1 is 0.962 bits per heavy atom. The third kappa shape index (κ3) is 2.73. The van der Waals surface area contributed by atoms with E-state index in [2.05, 4.69) is 4.98 Å². The fourth-order valence-electron chi connectivity index (χ4n) is 2.74. The van der Waals surface area contributed by atoms with Crippen molar-refractivity contribution in [2.75, 3.05) is 5.73 Å². The van der Waals surface area contributed by atoms with Crippen LogP contribution < -0.4 is 5.73 Å². The second kappa shape index (κ2) is 5.93. The number of rotatable bonds is 3. The highest BCUT2D eigenvalue weighted by Gasteiger charge is 2.12. The van der Waals surface area contributed by atoms with Gasteiger partial charge in [-0.15, -0.1) is 0 Å². The smallest absolute Gasteiger partial charge is 0.335 e. The van der Waals surface area contributed by atoms with Crippen molar-refractivity contribution in [2.45, 2.75) is 0 Å². The minimum Gasteiger partial charge on any atom is -0.506 e. The number of phenolic OH excluding ortho intramolecular Hbond substituents is 1. The maximum Gasteiger partial charge on any atom is 0.335 e. The van der Waals surface area contributed by atoms with Gasteiger partial charge in [0.15, 0.2) is 5.58 Å². The molecule has 0 radical (unpaired) electrons. The van der Waals surface area contributed by atoms with E-state index < -0.39 is 5.97 Å². The number of aromatic nitrogens is 1. The second-order valence-electron chi connectivity index (χ2n) is 5.86. The fraction of sp³-hybridized carbons (Fsp3) is 0. The molecule has 1 heterocycles. The van der Waals surface area contributed by atoms with Crippen LogP contribution in [0.4, 0.5) is 5.69 Å². The number of hydrogen-bond acceptors (Lipinski definition) is 5. The Kier molecular flexibility index (Phi) is 3.58. The first-order valence-corrected chi connectivity index (χ1v) is 7.84. The van der Waals surface area contributed by atoms with E-state index in [0.717, 1.165) is 11.1 Å². The number of benzene rings is 3. The molecule has 1 aromatic heterocycles. The molecule has 3 aromatic carbocycles. The summed E-state index contributed by atoms with van der Waals surface area (Å²) in [5, 5.41) is 18.9. The average Bonchev–Trinajstić information content (AvgIpc) is 3.07. The van der Waals surface area contributed by atoms with Crippen LogP contribution in [0.3, 0.4) is 0 Å². The predicted molar refractivity (Wildman–Crippen MR) is 97.9 cm³/mol. The van der Waals surface area contributed by atoms with Gasteiger partial charge in [-0.1, -0.05) is 18.2 Å². The predicted octanol–water partition coefficient (Wildman–Crippen LogP) is 4.15. The van der Waals surface area contributed by atoms with Gasteiger partial charge in [-0.3, -0.25) is 0 Å². The summed E-state index contributed by atoms with van der Waals surface area (Å²) < 4.78 is 5.81. The molecule has 6 heteroatoms. The van der Waals surface area contributed by atoms with Gasteiger partial charge >= 0.3 is 5.97 Å². The summed E-state index contributed by atoms with van der Waals surface area (Å²) in [4.78, 5) is 15.6. The number of carboxylic acid groups (broad SMARTS) is 1. The van der Waals surface area contributed by atoms with Crippen LogP contribution in [0.5, 0.6) is 5.75 Å². The first kappa shape index (κ1) is 15.7. The highest BCUT2D eigenvalue weighted by atomic mass is 16.4. The monoisotopic (exact) mass is 346 g/mol. The first-order valence-electron chi connectivity index (χ1n) is 7.84. The summed E-state index contributed by atoms with van der Waals surface area (Å²) in [5.41, 5.74) is 9.57. The van der Waals surface area contributed by atoms with Gasteiger partial charge in [-0.2, -0.15) is 0 Å². The molecule has 0 aliphatic heterocycles. The van der Waals surface area contributed by atoms with Crippen LogP contribution in [0.2, 0.25) is 0 Å². The molecule has 0 amide bonds. The lowest BCUT2D eigenvalue weighted by Gasteiger charge is -2.04. The molecular formula is C20H14N2O4. The van der Waals surface area contributed by atoms with Crippen molar-refractivity contribution in [1.29, 1.82) is 0 Å². The number of fused-ring (bicyclic) bond motifs is 1. The molecule has 0 bridgehead atoms. The normalized spacial score (nSPS) is 10.9. The molecule has 4 N–H and O–H groups in total. The van der Waals surface area contributed by atoms with Crippen LogP contribution >= 0.6 is 0 Å². The zero-order valence-corrected chi connectivity index (χ0v) is 13.5. The molecule has 0 saturated heterocycles. The van der Waals surface area contributed by atoms with E-state index in [-0.39, 0.29) is 11.3 Å². The molecule has 4 aromatic rings. The highest BCUT2D eigenvalue weighted by molar-refractivity contribution is 5.89. The number of aromatic carboxylic acids is 1. The van der Waals surface area contributed by atoms with Crippen LogP contribution in [0.1, 0.15) is 10.4 Å². The third-order valence-electron chi connectivity index (χ3n) is 4.11. The maximum atomic E-state index is 11.1. The van der Waals surface area contributed by atoms with E-state index in [1.165, 1.54) is 12.1 Å². The SMILES string of the molecule is Nc1ccc(-c2ccc3nc(-c4cccc(C(=O)O)c4)oc3c2)cc1O. The lowest BCUT2D eigenvalue weighted by Crippen LogP contribution is -1.95. The number of phenols is 1. The molecule has 128 valence electrons. The summed E-state index contributed by atoms with van der Waals surface area (Å²) in [7, 11) is 0. The molecule has 0 atom stereocenters. The second-order valence-corrected chi connectivity index (χ2v) is 5.86. The largest absolute Gasteiger partial charge is 0.506 e. The number of nitrogens with zero attached hydrogens (tertiary/aromatic N) is 1. The zero-order chi connectivity index (χ0) is 18.3. The average molecular weight is 346 g/mol. The number of nitrogen functional groups attached to an aromatic ring is 1. The summed E-state index contributed by atoms with van der Waals surface area (Å²) in [6.45, 7) is 0. The van der Waals surface area contributed by atoms with Gasteiger partial charge < -0.3 is 20.4 Å². The van der Waals surface area contributed by atoms with Gasteiger partial charge in [0.25, 0.3) is 0 Å². The molecule has 4 rings (SSSR count). The number of oxazole rings is 1. The van der Waals surface area contributed by atoms with Crippen molar-refractivity contribution in [2.24, 2.45) is 0 Å². The molecule has 0 aliphatic rings. The van der Waals surface area contributed by atoms with Crippen molar-refractivity contribution in [3.63, 3.8) is 0 Å². The molecule has 0 unspecified atom stereocenters. The minimum absolute atomic E-state index is 0.0198. The van der Waals surface area contributed by atoms with Crippen LogP contribution in [0.15, 0.2) is 65.1 Å². The van der Waals surface area contributed by atoms with E-state index in [1.807, 2.05) is 24.3 Å². The molecule has 0 spiro atoms. The van der Waals surface area contributed by atoms with Gasteiger partial charge in [0.1, 0.15) is 11.3 Å². The number of hydrogen-bond donors (Lipinski definition) is 3. The Labute approximate surface area is 148 Å². The van der Waals surface area contributed by atoms with Crippen molar-refractivity contribution >= 4 is 22.8 Å². The number of nitrogens with two attached hydrogens (primary N) is 1. The van der Waals surface area contributed by atoms with Gasteiger partial charge in [-0.25, -0.2) is 9.78 Å². The number of aromatic hydroxyl groups is 1. The Morgan fingerprint density at radius 3 is 2.50 bits per heavy atom. The summed E-state index contributed by atoms with van der Waals surface area (Å²) in [6, 6.07) is 17.0. The summed E-state index contributed by atoms with van der Waals surface area (Å²) in [6.07, 6.45) is 0. The van der Waals surface area contributed by atoms with Gasteiger partial charge in [0, 0.05) is 5.56 Å². The zero-order valence-electron chi connectivity index (χ0n) is 13.5. The Bertz CT molecular complexity index is 1150. The molecular weight excluding hydrogens is 332 g/mol. The van der Waals surface area contributed by atoms with Crippen LogP contribution in [0.25, 0.3) is 33.7 Å². The number of carbonyl (C=O) groups is 1. The number of anilines is 1. The topological polar surface area (TPSA) is 110 Å². The molecule has 0 aliphatic carbocycles. The molecule has 0 saturated carbocycles. The van der Waals surface area contributed by atoms with Gasteiger partial charge in [0.2, 0.25) is 5.89 Å². The van der Waals surface area contributed by atoms with Crippen LogP contribution in [-0.2, 0) is 0 Å². The van der Waals surface area contributed by atoms with Crippen LogP contribution in [-0.4, -0.2) is 21.2 Å². The molecule has 0 fully saturated rings. The standard InChI is InChI=1S/C20H14N2O4/c21-15-6-4-11(9-17(15)23)12-5-7-16-18(10-12)26-19(22-16)13-2-1-3-14(8-13)20(24)25/h1-10,23H,21H2,(H,24,25). The van der Waals surface area contributed by atoms with E-state index in [1.54, 1.807) is 24.3 Å². The maximum absolute atomic E-state index is 11.1. The highest BCUT2D eigenvalue weighted by Crippen LogP contribution is 2.31. The van der Waals surface area contributed by atoms with Gasteiger partial charge in [0.05, 0.1) is 11.3 Å². The van der Waals surface area contributed by atoms with E-state index >= 15 is 0 Å². The summed E-state index contributed by atoms with van der Waals surface area (Å²) in [5.74, 6) is -0.639. The molecule has 6 nitrogen and oxygen atoms in total. The van der Waals surface area contributed by atoms with Crippen molar-refractivity contribution in [3.05, 3.63) is 66.2 Å². The number of carboxylic acids is 1. The van der Waals surface area contributed by atoms with Crippen molar-refractivity contribution < 1.29 is 19.4 Å². The van der Waals surface area contributed by atoms with E-state index in [0.29, 0.717) is 28.2 Å².